The summed E-state index contributed by atoms with van der Waals surface area (Å²) in [6.45, 7) is 2.90. The lowest BCUT2D eigenvalue weighted by Crippen LogP contribution is -2.37. The Morgan fingerprint density at radius 3 is 2.33 bits per heavy atom. The second kappa shape index (κ2) is 5.79. The molecule has 0 unspecified atom stereocenters. The fourth-order valence-corrected chi connectivity index (χ4v) is 2.79. The van der Waals surface area contributed by atoms with Crippen molar-refractivity contribution >= 4 is 5.82 Å². The Morgan fingerprint density at radius 1 is 1.10 bits per heavy atom. The molecule has 0 bridgehead atoms. The number of alkyl halides is 3. The van der Waals surface area contributed by atoms with Gasteiger partial charge in [-0.15, -0.1) is 10.2 Å². The third-order valence-electron chi connectivity index (χ3n) is 4.14. The van der Waals surface area contributed by atoms with Crippen LogP contribution in [0.3, 0.4) is 0 Å². The number of aromatic nitrogens is 2. The Morgan fingerprint density at radius 2 is 1.81 bits per heavy atom. The second-order valence-corrected chi connectivity index (χ2v) is 5.85. The lowest BCUT2D eigenvalue weighted by atomic mass is 9.97. The SMILES string of the molecule is FC(F)(F)c1ccc(N(CC2CCNCC2)C2CC2)nn1. The number of piperidine rings is 1. The van der Waals surface area contributed by atoms with Crippen molar-refractivity contribution < 1.29 is 13.2 Å². The van der Waals surface area contributed by atoms with Crippen LogP contribution in [0.1, 0.15) is 31.4 Å². The van der Waals surface area contributed by atoms with Crippen molar-refractivity contribution in [1.29, 1.82) is 0 Å². The van der Waals surface area contributed by atoms with Gasteiger partial charge in [-0.05, 0) is 56.8 Å². The molecule has 0 aromatic carbocycles. The maximum atomic E-state index is 12.5. The van der Waals surface area contributed by atoms with Gasteiger partial charge in [0.15, 0.2) is 11.5 Å². The molecular weight excluding hydrogens is 281 g/mol. The van der Waals surface area contributed by atoms with E-state index in [0.29, 0.717) is 17.8 Å². The van der Waals surface area contributed by atoms with E-state index < -0.39 is 11.9 Å². The highest BCUT2D eigenvalue weighted by Gasteiger charge is 2.35. The van der Waals surface area contributed by atoms with Gasteiger partial charge in [-0.2, -0.15) is 13.2 Å². The Hall–Kier alpha value is -1.37. The molecule has 2 aliphatic rings. The Balaban J connectivity index is 1.71. The molecule has 0 atom stereocenters. The van der Waals surface area contributed by atoms with Gasteiger partial charge in [0.2, 0.25) is 0 Å². The van der Waals surface area contributed by atoms with Gasteiger partial charge in [-0.1, -0.05) is 0 Å². The molecule has 1 aromatic heterocycles. The van der Waals surface area contributed by atoms with E-state index in [2.05, 4.69) is 20.4 Å². The summed E-state index contributed by atoms with van der Waals surface area (Å²) in [5.74, 6) is 1.15. The molecule has 1 aromatic rings. The van der Waals surface area contributed by atoms with E-state index in [-0.39, 0.29) is 0 Å². The van der Waals surface area contributed by atoms with Crippen LogP contribution >= 0.6 is 0 Å². The van der Waals surface area contributed by atoms with Crippen LogP contribution in [0.2, 0.25) is 0 Å². The molecule has 3 rings (SSSR count). The van der Waals surface area contributed by atoms with Crippen molar-refractivity contribution in [2.45, 2.75) is 37.9 Å². The van der Waals surface area contributed by atoms with Crippen LogP contribution in [-0.4, -0.2) is 35.9 Å². The molecule has 1 saturated heterocycles. The molecule has 116 valence electrons. The minimum atomic E-state index is -4.43. The quantitative estimate of drug-likeness (QED) is 0.927. The predicted octanol–water partition coefficient (Wildman–Crippen LogP) is 2.46. The number of anilines is 1. The first-order chi connectivity index (χ1) is 10.0. The summed E-state index contributed by atoms with van der Waals surface area (Å²) in [6, 6.07) is 2.90. The van der Waals surface area contributed by atoms with E-state index in [1.54, 1.807) is 0 Å². The minimum Gasteiger partial charge on any atom is -0.352 e. The highest BCUT2D eigenvalue weighted by atomic mass is 19.4. The van der Waals surface area contributed by atoms with E-state index in [9.17, 15) is 13.2 Å². The predicted molar refractivity (Wildman–Crippen MR) is 73.0 cm³/mol. The Bertz CT molecular complexity index is 464. The van der Waals surface area contributed by atoms with Gasteiger partial charge in [-0.3, -0.25) is 0 Å². The fourth-order valence-electron chi connectivity index (χ4n) is 2.79. The van der Waals surface area contributed by atoms with E-state index >= 15 is 0 Å². The van der Waals surface area contributed by atoms with Crippen LogP contribution in [0.25, 0.3) is 0 Å². The number of nitrogens with one attached hydrogen (secondary N) is 1. The molecule has 1 aliphatic carbocycles. The molecule has 2 fully saturated rings. The average molecular weight is 300 g/mol. The van der Waals surface area contributed by atoms with Gasteiger partial charge >= 0.3 is 6.18 Å². The number of hydrogen-bond acceptors (Lipinski definition) is 4. The first kappa shape index (κ1) is 14.6. The smallest absolute Gasteiger partial charge is 0.352 e. The van der Waals surface area contributed by atoms with Crippen LogP contribution in [0, 0.1) is 5.92 Å². The minimum absolute atomic E-state index is 0.422. The van der Waals surface area contributed by atoms with Crippen molar-refractivity contribution in [2.24, 2.45) is 5.92 Å². The first-order valence-electron chi connectivity index (χ1n) is 7.42. The zero-order valence-corrected chi connectivity index (χ0v) is 11.7. The van der Waals surface area contributed by atoms with E-state index in [1.165, 1.54) is 6.07 Å². The van der Waals surface area contributed by atoms with E-state index in [0.717, 1.165) is 51.4 Å². The van der Waals surface area contributed by atoms with Crippen molar-refractivity contribution in [3.63, 3.8) is 0 Å². The highest BCUT2D eigenvalue weighted by Crippen LogP contribution is 2.33. The largest absolute Gasteiger partial charge is 0.435 e. The van der Waals surface area contributed by atoms with Crippen molar-refractivity contribution in [1.82, 2.24) is 15.5 Å². The molecule has 1 N–H and O–H groups in total. The molecule has 1 saturated carbocycles. The standard InChI is InChI=1S/C14H19F3N4/c15-14(16,17)12-3-4-13(20-19-12)21(11-1-2-11)9-10-5-7-18-8-6-10/h3-4,10-11,18H,1-2,5-9H2. The van der Waals surface area contributed by atoms with Gasteiger partial charge in [0.25, 0.3) is 0 Å². The van der Waals surface area contributed by atoms with Crippen LogP contribution in [0.15, 0.2) is 12.1 Å². The van der Waals surface area contributed by atoms with Gasteiger partial charge in [0.1, 0.15) is 0 Å². The lowest BCUT2D eigenvalue weighted by Gasteiger charge is -2.30. The first-order valence-corrected chi connectivity index (χ1v) is 7.42. The lowest BCUT2D eigenvalue weighted by molar-refractivity contribution is -0.141. The zero-order chi connectivity index (χ0) is 14.9. The van der Waals surface area contributed by atoms with Gasteiger partial charge < -0.3 is 10.2 Å². The molecule has 2 heterocycles. The van der Waals surface area contributed by atoms with E-state index in [4.69, 9.17) is 0 Å². The molecule has 0 radical (unpaired) electrons. The number of nitrogens with zero attached hydrogens (tertiary/aromatic N) is 3. The number of hydrogen-bond donors (Lipinski definition) is 1. The fraction of sp³-hybridized carbons (Fsp3) is 0.714. The Labute approximate surface area is 121 Å². The molecule has 0 amide bonds. The topological polar surface area (TPSA) is 41.0 Å². The Kier molecular flexibility index (Phi) is 4.01. The van der Waals surface area contributed by atoms with Crippen LogP contribution in [0.4, 0.5) is 19.0 Å². The monoisotopic (exact) mass is 300 g/mol. The zero-order valence-electron chi connectivity index (χ0n) is 11.7. The molecule has 21 heavy (non-hydrogen) atoms. The summed E-state index contributed by atoms with van der Waals surface area (Å²) in [5, 5.41) is 10.5. The molecular formula is C14H19F3N4. The molecule has 0 spiro atoms. The average Bonchev–Trinajstić information content (AvgIpc) is 3.30. The summed E-state index contributed by atoms with van der Waals surface area (Å²) in [6.07, 6.45) is -0.0269. The van der Waals surface area contributed by atoms with Crippen molar-refractivity contribution in [3.8, 4) is 0 Å². The van der Waals surface area contributed by atoms with Crippen molar-refractivity contribution in [3.05, 3.63) is 17.8 Å². The maximum Gasteiger partial charge on any atom is 0.435 e. The summed E-state index contributed by atoms with van der Waals surface area (Å²) >= 11 is 0. The molecule has 1 aliphatic heterocycles. The van der Waals surface area contributed by atoms with Crippen LogP contribution in [0.5, 0.6) is 0 Å². The van der Waals surface area contributed by atoms with Gasteiger partial charge in [0.05, 0.1) is 0 Å². The number of halogens is 3. The van der Waals surface area contributed by atoms with Crippen LogP contribution < -0.4 is 10.2 Å². The molecule has 4 nitrogen and oxygen atoms in total. The normalized spacial score (nSPS) is 20.5. The summed E-state index contributed by atoms with van der Waals surface area (Å²) in [7, 11) is 0. The van der Waals surface area contributed by atoms with Crippen LogP contribution in [-0.2, 0) is 6.18 Å². The summed E-state index contributed by atoms with van der Waals surface area (Å²) in [5.41, 5.74) is -0.927. The summed E-state index contributed by atoms with van der Waals surface area (Å²) in [4.78, 5) is 2.14. The maximum absolute atomic E-state index is 12.5. The third kappa shape index (κ3) is 3.64. The molecule has 7 heteroatoms. The second-order valence-electron chi connectivity index (χ2n) is 5.85. The van der Waals surface area contributed by atoms with Gasteiger partial charge in [0, 0.05) is 12.6 Å². The summed E-state index contributed by atoms with van der Waals surface area (Å²) < 4.78 is 37.6. The van der Waals surface area contributed by atoms with Gasteiger partial charge in [-0.25, -0.2) is 0 Å². The highest BCUT2D eigenvalue weighted by molar-refractivity contribution is 5.41. The number of rotatable bonds is 4. The van der Waals surface area contributed by atoms with Crippen molar-refractivity contribution in [2.75, 3.05) is 24.5 Å². The van der Waals surface area contributed by atoms with E-state index in [1.807, 2.05) is 0 Å². The third-order valence-corrected chi connectivity index (χ3v) is 4.14.